The van der Waals surface area contributed by atoms with E-state index >= 15 is 0 Å². The van der Waals surface area contributed by atoms with Gasteiger partial charge >= 0.3 is 11.9 Å². The number of phenols is 1. The van der Waals surface area contributed by atoms with Crippen LogP contribution in [0.4, 0.5) is 0 Å². The third-order valence-corrected chi connectivity index (χ3v) is 4.34. The SMILES string of the molecule is COc1cc(C(=O)O)cc(C=CC2=CCc3cc(C(=O)O)cc(OC)c3O2)c1O. The number of phenolic OH excluding ortho intramolecular Hbond substituents is 1. The van der Waals surface area contributed by atoms with Crippen LogP contribution in [0.3, 0.4) is 0 Å². The highest BCUT2D eigenvalue weighted by Crippen LogP contribution is 2.38. The Labute approximate surface area is 165 Å². The molecule has 3 rings (SSSR count). The van der Waals surface area contributed by atoms with Gasteiger partial charge in [-0.15, -0.1) is 0 Å². The number of carbonyl (C=O) groups is 2. The topological polar surface area (TPSA) is 123 Å². The lowest BCUT2D eigenvalue weighted by Crippen LogP contribution is -2.07. The average molecular weight is 398 g/mol. The number of carboxylic acids is 2. The first kappa shape index (κ1) is 19.8. The van der Waals surface area contributed by atoms with E-state index in [2.05, 4.69) is 0 Å². The Morgan fingerprint density at radius 3 is 2.21 bits per heavy atom. The first-order chi connectivity index (χ1) is 13.8. The fraction of sp³-hybridized carbons (Fsp3) is 0.143. The second kappa shape index (κ2) is 7.97. The molecule has 0 unspecified atom stereocenters. The van der Waals surface area contributed by atoms with Crippen LogP contribution in [0.1, 0.15) is 31.8 Å². The first-order valence-corrected chi connectivity index (χ1v) is 8.48. The van der Waals surface area contributed by atoms with Crippen molar-refractivity contribution in [1.82, 2.24) is 0 Å². The summed E-state index contributed by atoms with van der Waals surface area (Å²) in [5.41, 5.74) is 0.965. The predicted molar refractivity (Wildman–Crippen MR) is 103 cm³/mol. The van der Waals surface area contributed by atoms with Gasteiger partial charge in [0.1, 0.15) is 5.76 Å². The number of rotatable bonds is 6. The lowest BCUT2D eigenvalue weighted by Gasteiger charge is -2.19. The van der Waals surface area contributed by atoms with E-state index in [4.69, 9.17) is 14.2 Å². The second-order valence-corrected chi connectivity index (χ2v) is 6.14. The van der Waals surface area contributed by atoms with Crippen molar-refractivity contribution in [3.05, 3.63) is 64.4 Å². The monoisotopic (exact) mass is 398 g/mol. The molecule has 8 heteroatoms. The van der Waals surface area contributed by atoms with Crippen LogP contribution in [0.15, 0.2) is 42.2 Å². The molecule has 2 aromatic carbocycles. The van der Waals surface area contributed by atoms with Gasteiger partial charge in [0.25, 0.3) is 0 Å². The summed E-state index contributed by atoms with van der Waals surface area (Å²) in [5, 5.41) is 28.7. The molecule has 0 radical (unpaired) electrons. The third-order valence-electron chi connectivity index (χ3n) is 4.34. The van der Waals surface area contributed by atoms with Crippen molar-refractivity contribution in [3.63, 3.8) is 0 Å². The van der Waals surface area contributed by atoms with Gasteiger partial charge in [-0.1, -0.05) is 0 Å². The summed E-state index contributed by atoms with van der Waals surface area (Å²) < 4.78 is 16.1. The van der Waals surface area contributed by atoms with Crippen molar-refractivity contribution in [2.45, 2.75) is 6.42 Å². The molecule has 0 spiro atoms. The minimum absolute atomic E-state index is 0.0361. The molecule has 0 amide bonds. The summed E-state index contributed by atoms with van der Waals surface area (Å²) in [6.07, 6.45) is 5.21. The quantitative estimate of drug-likeness (QED) is 0.677. The molecule has 0 aromatic heterocycles. The molecule has 3 N–H and O–H groups in total. The largest absolute Gasteiger partial charge is 0.504 e. The zero-order valence-electron chi connectivity index (χ0n) is 15.6. The highest BCUT2D eigenvalue weighted by molar-refractivity contribution is 5.90. The van der Waals surface area contributed by atoms with Gasteiger partial charge in [0.15, 0.2) is 23.0 Å². The van der Waals surface area contributed by atoms with Crippen molar-refractivity contribution in [2.75, 3.05) is 14.2 Å². The Balaban J connectivity index is 1.92. The number of aromatic hydroxyl groups is 1. The van der Waals surface area contributed by atoms with Crippen LogP contribution in [0.25, 0.3) is 6.08 Å². The van der Waals surface area contributed by atoms with Gasteiger partial charge in [0.05, 0.1) is 25.3 Å². The fourth-order valence-corrected chi connectivity index (χ4v) is 2.88. The summed E-state index contributed by atoms with van der Waals surface area (Å²) in [7, 11) is 2.75. The fourth-order valence-electron chi connectivity index (χ4n) is 2.88. The minimum atomic E-state index is -1.15. The third kappa shape index (κ3) is 4.01. The molecule has 0 aliphatic carbocycles. The van der Waals surface area contributed by atoms with Crippen LogP contribution in [0.5, 0.6) is 23.0 Å². The van der Waals surface area contributed by atoms with Gasteiger partial charge in [-0.3, -0.25) is 0 Å². The molecule has 0 saturated heterocycles. The molecule has 0 fully saturated rings. The van der Waals surface area contributed by atoms with E-state index in [1.807, 2.05) is 0 Å². The van der Waals surface area contributed by atoms with Crippen LogP contribution >= 0.6 is 0 Å². The Morgan fingerprint density at radius 2 is 1.59 bits per heavy atom. The van der Waals surface area contributed by atoms with E-state index in [1.54, 1.807) is 12.2 Å². The first-order valence-electron chi connectivity index (χ1n) is 8.48. The zero-order chi connectivity index (χ0) is 21.1. The number of allylic oxidation sites excluding steroid dienone is 2. The minimum Gasteiger partial charge on any atom is -0.504 e. The van der Waals surface area contributed by atoms with E-state index in [0.29, 0.717) is 23.5 Å². The Kier molecular flexibility index (Phi) is 5.45. The van der Waals surface area contributed by atoms with Gasteiger partial charge in [-0.05, 0) is 48.9 Å². The molecular formula is C21H18O8. The van der Waals surface area contributed by atoms with E-state index < -0.39 is 11.9 Å². The lowest BCUT2D eigenvalue weighted by atomic mass is 10.0. The maximum Gasteiger partial charge on any atom is 0.335 e. The van der Waals surface area contributed by atoms with Crippen LogP contribution in [-0.4, -0.2) is 41.5 Å². The molecule has 8 nitrogen and oxygen atoms in total. The number of hydrogen-bond donors (Lipinski definition) is 3. The molecule has 1 aliphatic heterocycles. The molecule has 1 aliphatic rings. The summed E-state index contributed by atoms with van der Waals surface area (Å²) >= 11 is 0. The molecule has 1 heterocycles. The van der Waals surface area contributed by atoms with Gasteiger partial charge in [0, 0.05) is 11.1 Å². The number of benzene rings is 2. The van der Waals surface area contributed by atoms with Crippen LogP contribution in [0.2, 0.25) is 0 Å². The maximum absolute atomic E-state index is 11.3. The van der Waals surface area contributed by atoms with Gasteiger partial charge in [-0.25, -0.2) is 9.59 Å². The number of aromatic carboxylic acids is 2. The normalized spacial score (nSPS) is 12.7. The van der Waals surface area contributed by atoms with Crippen molar-refractivity contribution in [2.24, 2.45) is 0 Å². The second-order valence-electron chi connectivity index (χ2n) is 6.14. The van der Waals surface area contributed by atoms with Gasteiger partial charge in [-0.2, -0.15) is 0 Å². The molecule has 29 heavy (non-hydrogen) atoms. The number of hydrogen-bond acceptors (Lipinski definition) is 6. The predicted octanol–water partition coefficient (Wildman–Crippen LogP) is 3.34. The standard InChI is InChI=1S/C21H18O8/c1-27-16-9-13(20(23)24)7-11(18(16)22)3-5-15-6-4-12-8-14(21(25)26)10-17(28-2)19(12)29-15/h3,5-10,22H,4H2,1-2H3,(H,23,24)(H,25,26). The number of ether oxygens (including phenoxy) is 3. The molecule has 2 aromatic rings. The van der Waals surface area contributed by atoms with E-state index in [1.165, 1.54) is 44.6 Å². The van der Waals surface area contributed by atoms with Crippen LogP contribution in [-0.2, 0) is 6.42 Å². The Hall–Kier alpha value is -3.94. The van der Waals surface area contributed by atoms with Crippen molar-refractivity contribution in [3.8, 4) is 23.0 Å². The molecule has 0 saturated carbocycles. The van der Waals surface area contributed by atoms with Crippen molar-refractivity contribution in [1.29, 1.82) is 0 Å². The van der Waals surface area contributed by atoms with E-state index in [0.717, 1.165) is 0 Å². The Bertz CT molecular complexity index is 1050. The number of fused-ring (bicyclic) bond motifs is 1. The Morgan fingerprint density at radius 1 is 0.966 bits per heavy atom. The van der Waals surface area contributed by atoms with Crippen molar-refractivity contribution < 1.29 is 39.1 Å². The van der Waals surface area contributed by atoms with Gasteiger partial charge in [0.2, 0.25) is 0 Å². The molecule has 0 atom stereocenters. The van der Waals surface area contributed by atoms with Crippen LogP contribution in [0, 0.1) is 0 Å². The summed E-state index contributed by atoms with van der Waals surface area (Å²) in [6.45, 7) is 0. The molecule has 0 bridgehead atoms. The average Bonchev–Trinajstić information content (AvgIpc) is 2.71. The zero-order valence-corrected chi connectivity index (χ0v) is 15.6. The number of methoxy groups -OCH3 is 2. The summed E-state index contributed by atoms with van der Waals surface area (Å²) in [5.74, 6) is -1.26. The molecule has 150 valence electrons. The molecular weight excluding hydrogens is 380 g/mol. The smallest absolute Gasteiger partial charge is 0.335 e. The highest BCUT2D eigenvalue weighted by atomic mass is 16.5. The van der Waals surface area contributed by atoms with E-state index in [9.17, 15) is 24.9 Å². The van der Waals surface area contributed by atoms with Crippen molar-refractivity contribution >= 4 is 18.0 Å². The van der Waals surface area contributed by atoms with Gasteiger partial charge < -0.3 is 29.5 Å². The number of carboxylic acid groups (broad SMARTS) is 2. The van der Waals surface area contributed by atoms with Crippen LogP contribution < -0.4 is 14.2 Å². The highest BCUT2D eigenvalue weighted by Gasteiger charge is 2.20. The lowest BCUT2D eigenvalue weighted by molar-refractivity contribution is 0.0685. The summed E-state index contributed by atoms with van der Waals surface area (Å²) in [4.78, 5) is 22.5. The maximum atomic E-state index is 11.3. The van der Waals surface area contributed by atoms with E-state index in [-0.39, 0.29) is 33.9 Å². The summed E-state index contributed by atoms with van der Waals surface area (Å²) in [6, 6.07) is 5.44.